The Morgan fingerprint density at radius 1 is 1.47 bits per heavy atom. The van der Waals surface area contributed by atoms with E-state index in [9.17, 15) is 4.79 Å². The van der Waals surface area contributed by atoms with Crippen LogP contribution in [-0.4, -0.2) is 10.9 Å². The molecule has 1 amide bonds. The van der Waals surface area contributed by atoms with Crippen LogP contribution in [0.15, 0.2) is 24.4 Å². The molecule has 0 bridgehead atoms. The number of anilines is 1. The maximum Gasteiger partial charge on any atom is 0.272 e. The Balaban J connectivity index is 1.66. The molecule has 2 aromatic heterocycles. The third-order valence-corrected chi connectivity index (χ3v) is 4.51. The smallest absolute Gasteiger partial charge is 0.272 e. The Labute approximate surface area is 115 Å². The Kier molecular flexibility index (Phi) is 3.21. The first-order valence-corrected chi connectivity index (χ1v) is 7.15. The minimum absolute atomic E-state index is 0.216. The van der Waals surface area contributed by atoms with Crippen LogP contribution in [-0.2, 0) is 19.4 Å². The van der Waals surface area contributed by atoms with Crippen molar-refractivity contribution in [2.24, 2.45) is 0 Å². The Hall–Kier alpha value is -1.88. The number of aromatic nitrogens is 1. The lowest BCUT2D eigenvalue weighted by atomic mass is 10.2. The molecule has 3 N–H and O–H groups in total. The number of thiophene rings is 1. The van der Waals surface area contributed by atoms with Crippen molar-refractivity contribution in [1.82, 2.24) is 10.3 Å². The van der Waals surface area contributed by atoms with Gasteiger partial charge in [-0.05, 0) is 43.0 Å². The second-order valence-corrected chi connectivity index (χ2v) is 5.86. The number of amides is 1. The summed E-state index contributed by atoms with van der Waals surface area (Å²) in [7, 11) is 0. The number of nitrogen functional groups attached to an aromatic ring is 1. The maximum atomic E-state index is 12.0. The lowest BCUT2D eigenvalue weighted by Crippen LogP contribution is -2.24. The Morgan fingerprint density at radius 3 is 3.16 bits per heavy atom. The third-order valence-electron chi connectivity index (χ3n) is 3.27. The van der Waals surface area contributed by atoms with E-state index in [0.29, 0.717) is 17.9 Å². The van der Waals surface area contributed by atoms with E-state index in [4.69, 9.17) is 5.73 Å². The van der Waals surface area contributed by atoms with Gasteiger partial charge < -0.3 is 11.1 Å². The number of nitrogens with two attached hydrogens (primary N) is 1. The summed E-state index contributed by atoms with van der Waals surface area (Å²) >= 11 is 1.80. The zero-order valence-electron chi connectivity index (χ0n) is 10.5. The van der Waals surface area contributed by atoms with E-state index in [-0.39, 0.29) is 5.91 Å². The molecule has 0 unspecified atom stereocenters. The fraction of sp³-hybridized carbons (Fsp3) is 0.286. The first-order chi connectivity index (χ1) is 9.24. The molecule has 0 atom stereocenters. The molecular weight excluding hydrogens is 258 g/mol. The van der Waals surface area contributed by atoms with Crippen LogP contribution in [0.3, 0.4) is 0 Å². The van der Waals surface area contributed by atoms with Crippen molar-refractivity contribution in [2.45, 2.75) is 25.8 Å². The van der Waals surface area contributed by atoms with Crippen molar-refractivity contribution >= 4 is 22.9 Å². The number of nitrogens with zero attached hydrogens (tertiary/aromatic N) is 1. The van der Waals surface area contributed by atoms with Crippen molar-refractivity contribution in [2.75, 3.05) is 5.73 Å². The number of carbonyl (C=O) groups is 1. The molecule has 0 saturated heterocycles. The highest BCUT2D eigenvalue weighted by molar-refractivity contribution is 7.12. The maximum absolute atomic E-state index is 12.0. The summed E-state index contributed by atoms with van der Waals surface area (Å²) in [5, 5.41) is 2.87. The highest BCUT2D eigenvalue weighted by atomic mass is 32.1. The first-order valence-electron chi connectivity index (χ1n) is 6.33. The van der Waals surface area contributed by atoms with E-state index in [1.165, 1.54) is 34.6 Å². The zero-order valence-corrected chi connectivity index (χ0v) is 11.3. The summed E-state index contributed by atoms with van der Waals surface area (Å²) in [5.41, 5.74) is 7.89. The average Bonchev–Trinajstić information content (AvgIpc) is 2.97. The molecule has 98 valence electrons. The van der Waals surface area contributed by atoms with Gasteiger partial charge in [0.2, 0.25) is 0 Å². The largest absolute Gasteiger partial charge is 0.397 e. The van der Waals surface area contributed by atoms with Gasteiger partial charge in [-0.1, -0.05) is 0 Å². The topological polar surface area (TPSA) is 68.0 Å². The number of rotatable bonds is 3. The van der Waals surface area contributed by atoms with E-state index < -0.39 is 0 Å². The van der Waals surface area contributed by atoms with Gasteiger partial charge in [0.1, 0.15) is 0 Å². The summed E-state index contributed by atoms with van der Waals surface area (Å²) in [6, 6.07) is 5.60. The van der Waals surface area contributed by atoms with Crippen molar-refractivity contribution in [3.05, 3.63) is 45.4 Å². The number of fused-ring (bicyclic) bond motifs is 1. The second-order valence-electron chi connectivity index (χ2n) is 4.64. The lowest BCUT2D eigenvalue weighted by Gasteiger charge is -2.05. The molecule has 4 nitrogen and oxygen atoms in total. The molecule has 1 aliphatic carbocycles. The van der Waals surface area contributed by atoms with Crippen molar-refractivity contribution < 1.29 is 4.79 Å². The van der Waals surface area contributed by atoms with Crippen LogP contribution in [0.25, 0.3) is 0 Å². The van der Waals surface area contributed by atoms with Gasteiger partial charge in [-0.2, -0.15) is 0 Å². The van der Waals surface area contributed by atoms with Gasteiger partial charge in [0.05, 0.1) is 12.2 Å². The summed E-state index contributed by atoms with van der Waals surface area (Å²) in [5.74, 6) is -0.216. The van der Waals surface area contributed by atoms with Gasteiger partial charge >= 0.3 is 0 Å². The van der Waals surface area contributed by atoms with E-state index in [2.05, 4.69) is 16.4 Å². The average molecular weight is 273 g/mol. The molecule has 19 heavy (non-hydrogen) atoms. The summed E-state index contributed by atoms with van der Waals surface area (Å²) in [4.78, 5) is 18.6. The summed E-state index contributed by atoms with van der Waals surface area (Å²) in [6.45, 7) is 0.548. The van der Waals surface area contributed by atoms with Gasteiger partial charge in [-0.3, -0.25) is 4.79 Å². The van der Waals surface area contributed by atoms with Crippen LogP contribution < -0.4 is 11.1 Å². The fourth-order valence-corrected chi connectivity index (χ4v) is 3.54. The summed E-state index contributed by atoms with van der Waals surface area (Å²) < 4.78 is 0. The molecule has 2 heterocycles. The molecule has 0 aromatic carbocycles. The van der Waals surface area contributed by atoms with Gasteiger partial charge in [-0.25, -0.2) is 4.98 Å². The molecule has 0 saturated carbocycles. The predicted molar refractivity (Wildman–Crippen MR) is 76.2 cm³/mol. The highest BCUT2D eigenvalue weighted by Gasteiger charge is 2.16. The van der Waals surface area contributed by atoms with Crippen LogP contribution >= 0.6 is 11.3 Å². The summed E-state index contributed by atoms with van der Waals surface area (Å²) in [6.07, 6.45) is 5.19. The van der Waals surface area contributed by atoms with Gasteiger partial charge in [0.25, 0.3) is 5.91 Å². The molecule has 2 aromatic rings. The van der Waals surface area contributed by atoms with Crippen molar-refractivity contribution in [3.63, 3.8) is 0 Å². The number of hydrogen-bond donors (Lipinski definition) is 2. The van der Waals surface area contributed by atoms with Crippen LogP contribution in [0.4, 0.5) is 5.69 Å². The number of nitrogens with one attached hydrogen (secondary N) is 1. The molecule has 5 heteroatoms. The Bertz CT molecular complexity index is 599. The highest BCUT2D eigenvalue weighted by Crippen LogP contribution is 2.30. The van der Waals surface area contributed by atoms with Gasteiger partial charge in [-0.15, -0.1) is 11.3 Å². The van der Waals surface area contributed by atoms with Crippen LogP contribution in [0.5, 0.6) is 0 Å². The number of pyridine rings is 1. The molecular formula is C14H15N3OS. The van der Waals surface area contributed by atoms with E-state index in [1.54, 1.807) is 29.7 Å². The zero-order chi connectivity index (χ0) is 13.2. The van der Waals surface area contributed by atoms with E-state index in [1.807, 2.05) is 0 Å². The molecule has 1 aliphatic rings. The van der Waals surface area contributed by atoms with Crippen LogP contribution in [0.1, 0.15) is 32.2 Å². The number of aryl methyl sites for hydroxylation is 2. The van der Waals surface area contributed by atoms with E-state index in [0.717, 1.165) is 0 Å². The minimum atomic E-state index is -0.216. The molecule has 0 fully saturated rings. The molecule has 0 spiro atoms. The van der Waals surface area contributed by atoms with Crippen LogP contribution in [0.2, 0.25) is 0 Å². The minimum Gasteiger partial charge on any atom is -0.397 e. The number of carbonyl (C=O) groups excluding carboxylic acids is 1. The SMILES string of the molecule is Nc1cccnc1C(=O)NCc1cc2c(s1)CCC2. The monoisotopic (exact) mass is 273 g/mol. The fourth-order valence-electron chi connectivity index (χ4n) is 2.34. The van der Waals surface area contributed by atoms with E-state index >= 15 is 0 Å². The molecule has 0 radical (unpaired) electrons. The Morgan fingerprint density at radius 2 is 2.37 bits per heavy atom. The second kappa shape index (κ2) is 5.01. The standard InChI is InChI=1S/C14H15N3OS/c15-11-4-2-6-16-13(11)14(18)17-8-10-7-9-3-1-5-12(9)19-10/h2,4,6-7H,1,3,5,8,15H2,(H,17,18). The predicted octanol–water partition coefficient (Wildman–Crippen LogP) is 2.14. The first kappa shape index (κ1) is 12.2. The van der Waals surface area contributed by atoms with Crippen LogP contribution in [0, 0.1) is 0 Å². The third kappa shape index (κ3) is 2.46. The molecule has 0 aliphatic heterocycles. The van der Waals surface area contributed by atoms with Gasteiger partial charge in [0.15, 0.2) is 5.69 Å². The lowest BCUT2D eigenvalue weighted by molar-refractivity contribution is 0.0947. The van der Waals surface area contributed by atoms with Crippen molar-refractivity contribution in [3.8, 4) is 0 Å². The van der Waals surface area contributed by atoms with Gasteiger partial charge in [0, 0.05) is 16.0 Å². The van der Waals surface area contributed by atoms with Crippen molar-refractivity contribution in [1.29, 1.82) is 0 Å². The molecule has 3 rings (SSSR count). The quantitative estimate of drug-likeness (QED) is 0.900. The number of hydrogen-bond acceptors (Lipinski definition) is 4. The normalized spacial score (nSPS) is 13.3.